The molecule has 4 heterocycles. The zero-order valence-corrected chi connectivity index (χ0v) is 35.9. The number of rotatable bonds is 8. The van der Waals surface area contributed by atoms with Crippen LogP contribution in [0.15, 0.2) is 251 Å². The Balaban J connectivity index is 0.914. The minimum atomic E-state index is -0.217. The predicted octanol–water partition coefficient (Wildman–Crippen LogP) is 13.9. The second kappa shape index (κ2) is 15.6. The first-order valence-corrected chi connectivity index (χ1v) is 22.5. The monoisotopic (exact) mass is 846 g/mol. The van der Waals surface area contributed by atoms with Crippen molar-refractivity contribution in [2.24, 2.45) is 0 Å². The van der Waals surface area contributed by atoms with E-state index in [0.717, 1.165) is 101 Å². The Morgan fingerprint density at radius 1 is 0.273 bits per heavy atom. The molecule has 8 heteroatoms. The minimum absolute atomic E-state index is 0.217. The van der Waals surface area contributed by atoms with Gasteiger partial charge in [0.1, 0.15) is 22.5 Å². The van der Waals surface area contributed by atoms with E-state index in [1.54, 1.807) is 0 Å². The summed E-state index contributed by atoms with van der Waals surface area (Å²) < 4.78 is 13.6. The van der Waals surface area contributed by atoms with Crippen molar-refractivity contribution in [3.63, 3.8) is 0 Å². The molecule has 0 saturated carbocycles. The molecule has 0 amide bonds. The molecule has 6 nitrogen and oxygen atoms in total. The average Bonchev–Trinajstić information content (AvgIpc) is 4.14. The molecule has 2 aromatic heterocycles. The summed E-state index contributed by atoms with van der Waals surface area (Å²) in [5.41, 5.74) is 15.0. The molecule has 0 aliphatic carbocycles. The molecule has 0 fully saturated rings. The maximum atomic E-state index is 6.78. The number of furan rings is 2. The fourth-order valence-electron chi connectivity index (χ4n) is 10.2. The van der Waals surface area contributed by atoms with Crippen molar-refractivity contribution in [2.45, 2.75) is 0 Å². The molecule has 13 rings (SSSR count). The third-order valence-electron chi connectivity index (χ3n) is 13.0. The molecule has 2 aliphatic heterocycles. The molecule has 0 bridgehead atoms. The number of para-hydroxylation sites is 6. The molecule has 0 unspecified atom stereocenters. The standard InChI is InChI=1S/C58H40B2N4O2/c1-5-26-47(27-6-1)61-55-51-34-13-15-36-53(51)65-57(55)63(49-30-9-3-10-31-49)59(61)45-24-18-22-43(39-45)41-20-17-21-42(38-41)44-23-19-25-46(40-44)60-62(48-28-7-2-8-29-48)56-52-35-14-16-37-54(52)66-58(56)64(60)50-32-11-4-12-33-50/h1-40H. The van der Waals surface area contributed by atoms with Gasteiger partial charge in [-0.2, -0.15) is 0 Å². The number of nitrogens with zero attached hydrogens (tertiary/aromatic N) is 4. The minimum Gasteiger partial charge on any atom is -0.439 e. The quantitative estimate of drug-likeness (QED) is 0.142. The number of benzene rings is 9. The Morgan fingerprint density at radius 2 is 0.591 bits per heavy atom. The summed E-state index contributed by atoms with van der Waals surface area (Å²) in [6, 6.07) is 86.1. The third kappa shape index (κ3) is 6.14. The number of anilines is 8. The van der Waals surface area contributed by atoms with E-state index in [-0.39, 0.29) is 14.0 Å². The highest BCUT2D eigenvalue weighted by Gasteiger charge is 2.49. The summed E-state index contributed by atoms with van der Waals surface area (Å²) in [5, 5.41) is 2.17. The molecule has 0 atom stereocenters. The van der Waals surface area contributed by atoms with Crippen LogP contribution in [0.2, 0.25) is 0 Å². The van der Waals surface area contributed by atoms with Gasteiger partial charge >= 0.3 is 14.0 Å². The van der Waals surface area contributed by atoms with Crippen molar-refractivity contribution in [2.75, 3.05) is 19.2 Å². The van der Waals surface area contributed by atoms with Crippen LogP contribution >= 0.6 is 0 Å². The van der Waals surface area contributed by atoms with E-state index >= 15 is 0 Å². The molecule has 0 saturated heterocycles. The van der Waals surface area contributed by atoms with Crippen molar-refractivity contribution in [1.29, 1.82) is 0 Å². The van der Waals surface area contributed by atoms with Gasteiger partial charge in [0.2, 0.25) is 11.8 Å². The molecule has 0 N–H and O–H groups in total. The van der Waals surface area contributed by atoms with E-state index in [0.29, 0.717) is 0 Å². The first-order valence-electron chi connectivity index (χ1n) is 22.5. The summed E-state index contributed by atoms with van der Waals surface area (Å²) in [6.07, 6.45) is 0. The normalized spacial score (nSPS) is 13.3. The molecule has 11 aromatic rings. The van der Waals surface area contributed by atoms with E-state index in [1.807, 2.05) is 12.1 Å². The van der Waals surface area contributed by atoms with Crippen molar-refractivity contribution in [3.05, 3.63) is 243 Å². The maximum Gasteiger partial charge on any atom is 0.423 e. The van der Waals surface area contributed by atoms with Gasteiger partial charge in [-0.05, 0) is 112 Å². The Labute approximate surface area is 384 Å². The van der Waals surface area contributed by atoms with Gasteiger partial charge in [0.15, 0.2) is 0 Å². The van der Waals surface area contributed by atoms with Crippen molar-refractivity contribution in [1.82, 2.24) is 0 Å². The van der Waals surface area contributed by atoms with E-state index in [4.69, 9.17) is 8.83 Å². The highest BCUT2D eigenvalue weighted by Crippen LogP contribution is 2.53. The first kappa shape index (κ1) is 37.9. The van der Waals surface area contributed by atoms with Crippen LogP contribution in [0.5, 0.6) is 0 Å². The highest BCUT2D eigenvalue weighted by atomic mass is 16.4. The summed E-state index contributed by atoms with van der Waals surface area (Å²) in [4.78, 5) is 9.56. The summed E-state index contributed by atoms with van der Waals surface area (Å²) >= 11 is 0. The lowest BCUT2D eigenvalue weighted by atomic mass is 9.64. The van der Waals surface area contributed by atoms with Crippen molar-refractivity contribution >= 4 is 92.7 Å². The molecule has 0 radical (unpaired) electrons. The number of hydrogen-bond donors (Lipinski definition) is 0. The number of hydrogen-bond acceptors (Lipinski definition) is 6. The van der Waals surface area contributed by atoms with Crippen molar-refractivity contribution in [3.8, 4) is 22.3 Å². The molecule has 9 aromatic carbocycles. The topological polar surface area (TPSA) is 39.2 Å². The van der Waals surface area contributed by atoms with Crippen LogP contribution in [-0.4, -0.2) is 14.0 Å². The smallest absolute Gasteiger partial charge is 0.423 e. The number of fused-ring (bicyclic) bond motifs is 6. The fourth-order valence-corrected chi connectivity index (χ4v) is 10.2. The largest absolute Gasteiger partial charge is 0.439 e. The molecular weight excluding hydrogens is 806 g/mol. The lowest BCUT2D eigenvalue weighted by molar-refractivity contribution is 0.627. The Hall–Kier alpha value is -8.61. The Bertz CT molecular complexity index is 3310. The van der Waals surface area contributed by atoms with E-state index < -0.39 is 0 Å². The summed E-state index contributed by atoms with van der Waals surface area (Å²) in [5.74, 6) is 1.66. The lowest BCUT2D eigenvalue weighted by Gasteiger charge is -2.30. The first-order chi connectivity index (χ1) is 32.8. The van der Waals surface area contributed by atoms with Gasteiger partial charge < -0.3 is 28.1 Å². The van der Waals surface area contributed by atoms with E-state index in [2.05, 4.69) is 250 Å². The van der Waals surface area contributed by atoms with Gasteiger partial charge in [-0.25, -0.2) is 0 Å². The van der Waals surface area contributed by atoms with Gasteiger partial charge in [0.25, 0.3) is 0 Å². The predicted molar refractivity (Wildman–Crippen MR) is 275 cm³/mol. The second-order valence-corrected chi connectivity index (χ2v) is 16.9. The second-order valence-electron chi connectivity index (χ2n) is 16.9. The van der Waals surface area contributed by atoms with Crippen LogP contribution in [0.3, 0.4) is 0 Å². The highest BCUT2D eigenvalue weighted by molar-refractivity contribution is 6.85. The van der Waals surface area contributed by atoms with Crippen LogP contribution in [0.1, 0.15) is 0 Å². The van der Waals surface area contributed by atoms with Crippen LogP contribution in [0.4, 0.5) is 45.9 Å². The van der Waals surface area contributed by atoms with E-state index in [9.17, 15) is 0 Å². The van der Waals surface area contributed by atoms with Crippen molar-refractivity contribution < 1.29 is 8.83 Å². The van der Waals surface area contributed by atoms with Gasteiger partial charge in [-0.1, -0.05) is 164 Å². The van der Waals surface area contributed by atoms with Crippen LogP contribution < -0.4 is 30.2 Å². The lowest BCUT2D eigenvalue weighted by Crippen LogP contribution is -2.53. The molecule has 310 valence electrons. The van der Waals surface area contributed by atoms with E-state index in [1.165, 1.54) is 0 Å². The van der Waals surface area contributed by atoms with Gasteiger partial charge in [-0.15, -0.1) is 0 Å². The van der Waals surface area contributed by atoms with Crippen LogP contribution in [-0.2, 0) is 0 Å². The molecular formula is C58H40B2N4O2. The van der Waals surface area contributed by atoms with Crippen LogP contribution in [0, 0.1) is 0 Å². The summed E-state index contributed by atoms with van der Waals surface area (Å²) in [7, 11) is 0. The zero-order chi connectivity index (χ0) is 43.6. The molecule has 2 aliphatic rings. The van der Waals surface area contributed by atoms with Gasteiger partial charge in [-0.3, -0.25) is 0 Å². The Morgan fingerprint density at radius 3 is 0.985 bits per heavy atom. The van der Waals surface area contributed by atoms with Gasteiger partial charge in [0, 0.05) is 33.5 Å². The molecule has 0 spiro atoms. The average molecular weight is 847 g/mol. The fraction of sp³-hybridized carbons (Fsp3) is 0. The SMILES string of the molecule is c1ccc(N2B(c3cccc(-c4cccc(-c5cccc(B6N(c7ccccc7)c7oc8ccccc8c7N6c6ccccc6)c5)c4)c3)N(c3ccccc3)c3c2oc2ccccc32)cc1. The van der Waals surface area contributed by atoms with Gasteiger partial charge in [0.05, 0.1) is 0 Å². The third-order valence-corrected chi connectivity index (χ3v) is 13.0. The zero-order valence-electron chi connectivity index (χ0n) is 35.9. The van der Waals surface area contributed by atoms with Crippen LogP contribution in [0.25, 0.3) is 44.2 Å². The summed E-state index contributed by atoms with van der Waals surface area (Å²) in [6.45, 7) is -0.434. The Kier molecular flexibility index (Phi) is 8.94. The molecule has 66 heavy (non-hydrogen) atoms. The maximum absolute atomic E-state index is 6.78.